The first-order valence-corrected chi connectivity index (χ1v) is 9.27. The van der Waals surface area contributed by atoms with E-state index < -0.39 is 5.97 Å². The summed E-state index contributed by atoms with van der Waals surface area (Å²) in [6.07, 6.45) is 5.38. The van der Waals surface area contributed by atoms with Crippen LogP contribution < -0.4 is 4.74 Å². The van der Waals surface area contributed by atoms with Crippen molar-refractivity contribution < 1.29 is 19.1 Å². The zero-order valence-electron chi connectivity index (χ0n) is 14.8. The molecule has 0 unspecified atom stereocenters. The third-order valence-corrected chi connectivity index (χ3v) is 6.75. The molecule has 134 valence electrons. The molecule has 5 heteroatoms. The molecule has 0 N–H and O–H groups in total. The summed E-state index contributed by atoms with van der Waals surface area (Å²) in [4.78, 5) is 39.2. The summed E-state index contributed by atoms with van der Waals surface area (Å²) in [7, 11) is 0. The number of carbonyl (C=O) groups excluding carboxylic acids is 3. The largest absolute Gasteiger partial charge is 0.425 e. The van der Waals surface area contributed by atoms with Crippen molar-refractivity contribution in [2.75, 3.05) is 6.54 Å². The van der Waals surface area contributed by atoms with E-state index in [0.29, 0.717) is 17.6 Å². The van der Waals surface area contributed by atoms with Crippen molar-refractivity contribution in [3.63, 3.8) is 0 Å². The Labute approximate surface area is 152 Å². The lowest BCUT2D eigenvalue weighted by Crippen LogP contribution is -2.40. The van der Waals surface area contributed by atoms with Crippen LogP contribution in [-0.2, 0) is 14.4 Å². The van der Waals surface area contributed by atoms with Gasteiger partial charge in [-0.05, 0) is 67.2 Å². The lowest BCUT2D eigenvalue weighted by molar-refractivity contribution is -0.148. The van der Waals surface area contributed by atoms with E-state index in [0.717, 1.165) is 22.4 Å². The first-order chi connectivity index (χ1) is 12.5. The lowest BCUT2D eigenvalue weighted by atomic mass is 9.63. The number of amides is 2. The Morgan fingerprint density at radius 1 is 1.04 bits per heavy atom. The molecular weight excluding hydrogens is 330 g/mol. The highest BCUT2D eigenvalue weighted by Crippen LogP contribution is 2.65. The van der Waals surface area contributed by atoms with Crippen molar-refractivity contribution >= 4 is 17.8 Å². The maximum Gasteiger partial charge on any atom is 0.331 e. The maximum atomic E-state index is 12.9. The molecule has 0 radical (unpaired) electrons. The molecule has 2 saturated carbocycles. The Morgan fingerprint density at radius 2 is 1.65 bits per heavy atom. The summed E-state index contributed by atoms with van der Waals surface area (Å²) in [5.74, 6) is 0.418. The van der Waals surface area contributed by atoms with Crippen LogP contribution in [0.3, 0.4) is 0 Å². The second kappa shape index (κ2) is 5.29. The Hall–Kier alpha value is -2.43. The van der Waals surface area contributed by atoms with E-state index >= 15 is 0 Å². The van der Waals surface area contributed by atoms with Crippen LogP contribution in [0.15, 0.2) is 30.4 Å². The van der Waals surface area contributed by atoms with Gasteiger partial charge in [-0.15, -0.1) is 0 Å². The first kappa shape index (κ1) is 15.8. The molecule has 1 aromatic rings. The van der Waals surface area contributed by atoms with E-state index in [-0.39, 0.29) is 42.0 Å². The molecule has 6 atom stereocenters. The quantitative estimate of drug-likeness (QED) is 0.363. The highest BCUT2D eigenvalue weighted by atomic mass is 16.5. The predicted molar refractivity (Wildman–Crippen MR) is 93.0 cm³/mol. The van der Waals surface area contributed by atoms with Crippen molar-refractivity contribution in [1.29, 1.82) is 0 Å². The molecule has 5 aliphatic rings. The summed E-state index contributed by atoms with van der Waals surface area (Å²) < 4.78 is 5.36. The van der Waals surface area contributed by atoms with Crippen molar-refractivity contribution in [1.82, 2.24) is 4.90 Å². The molecule has 6 rings (SSSR count). The van der Waals surface area contributed by atoms with Gasteiger partial charge >= 0.3 is 5.97 Å². The van der Waals surface area contributed by atoms with E-state index in [1.165, 1.54) is 0 Å². The number of ether oxygens (including phenoxy) is 1. The summed E-state index contributed by atoms with van der Waals surface area (Å²) in [6, 6.07) is 5.40. The number of hydrogen-bond acceptors (Lipinski definition) is 4. The Balaban J connectivity index is 1.32. The zero-order valence-corrected chi connectivity index (χ0v) is 14.8. The fourth-order valence-corrected chi connectivity index (χ4v) is 5.24. The highest BCUT2D eigenvalue weighted by molar-refractivity contribution is 6.08. The Kier molecular flexibility index (Phi) is 3.21. The Morgan fingerprint density at radius 3 is 2.23 bits per heavy atom. The van der Waals surface area contributed by atoms with Gasteiger partial charge < -0.3 is 4.74 Å². The number of imide groups is 1. The Bertz CT molecular complexity index is 837. The second-order valence-corrected chi connectivity index (χ2v) is 8.14. The van der Waals surface area contributed by atoms with Crippen molar-refractivity contribution in [2.45, 2.75) is 20.3 Å². The summed E-state index contributed by atoms with van der Waals surface area (Å²) in [6.45, 7) is 3.63. The maximum absolute atomic E-state index is 12.9. The number of likely N-dealkylation sites (tertiary alicyclic amines) is 1. The minimum absolute atomic E-state index is 0.173. The monoisotopic (exact) mass is 351 g/mol. The van der Waals surface area contributed by atoms with E-state index in [9.17, 15) is 14.4 Å². The van der Waals surface area contributed by atoms with Crippen LogP contribution in [0.5, 0.6) is 5.75 Å². The van der Waals surface area contributed by atoms with Crippen LogP contribution in [-0.4, -0.2) is 29.2 Å². The first-order valence-electron chi connectivity index (χ1n) is 9.27. The third-order valence-electron chi connectivity index (χ3n) is 6.75. The molecule has 1 saturated heterocycles. The van der Waals surface area contributed by atoms with Crippen LogP contribution in [0.1, 0.15) is 17.5 Å². The molecule has 0 spiro atoms. The van der Waals surface area contributed by atoms with Gasteiger partial charge in [0, 0.05) is 0 Å². The number of nitrogens with zero attached hydrogens (tertiary/aromatic N) is 1. The van der Waals surface area contributed by atoms with E-state index in [2.05, 4.69) is 12.2 Å². The van der Waals surface area contributed by atoms with E-state index in [4.69, 9.17) is 4.74 Å². The van der Waals surface area contributed by atoms with Gasteiger partial charge in [0.25, 0.3) is 0 Å². The smallest absolute Gasteiger partial charge is 0.331 e. The minimum Gasteiger partial charge on any atom is -0.425 e. The van der Waals surface area contributed by atoms with Gasteiger partial charge in [-0.1, -0.05) is 18.2 Å². The molecule has 2 amide bonds. The number of rotatable bonds is 3. The van der Waals surface area contributed by atoms with Gasteiger partial charge in [0.1, 0.15) is 12.3 Å². The fourth-order valence-electron chi connectivity index (χ4n) is 5.24. The molecule has 1 heterocycles. The fraction of sp³-hybridized carbons (Fsp3) is 0.476. The van der Waals surface area contributed by atoms with Crippen LogP contribution in [0.25, 0.3) is 0 Å². The zero-order chi connectivity index (χ0) is 18.2. The van der Waals surface area contributed by atoms with Gasteiger partial charge in [0.05, 0.1) is 11.8 Å². The number of aryl methyl sites for hydroxylation is 2. The molecule has 5 nitrogen and oxygen atoms in total. The molecule has 1 aliphatic heterocycles. The average Bonchev–Trinajstić information content (AvgIpc) is 3.39. The van der Waals surface area contributed by atoms with Crippen LogP contribution in [0, 0.1) is 49.4 Å². The van der Waals surface area contributed by atoms with Crippen molar-refractivity contribution in [2.24, 2.45) is 35.5 Å². The van der Waals surface area contributed by atoms with E-state index in [1.54, 1.807) is 12.1 Å². The number of hydrogen-bond donors (Lipinski definition) is 0. The molecule has 2 bridgehead atoms. The number of benzene rings is 1. The van der Waals surface area contributed by atoms with E-state index in [1.807, 2.05) is 19.9 Å². The van der Waals surface area contributed by atoms with Crippen LogP contribution in [0.4, 0.5) is 0 Å². The lowest BCUT2D eigenvalue weighted by Gasteiger charge is -2.37. The number of allylic oxidation sites excluding steroid dienone is 2. The molecule has 1 aromatic carbocycles. The summed E-state index contributed by atoms with van der Waals surface area (Å²) >= 11 is 0. The molecule has 4 aliphatic carbocycles. The number of carbonyl (C=O) groups is 3. The molecule has 26 heavy (non-hydrogen) atoms. The number of esters is 1. The highest BCUT2D eigenvalue weighted by Gasteiger charge is 2.67. The van der Waals surface area contributed by atoms with Gasteiger partial charge in [0.15, 0.2) is 0 Å². The second-order valence-electron chi connectivity index (χ2n) is 8.14. The van der Waals surface area contributed by atoms with Crippen molar-refractivity contribution in [3.05, 3.63) is 41.5 Å². The van der Waals surface area contributed by atoms with Crippen LogP contribution >= 0.6 is 0 Å². The van der Waals surface area contributed by atoms with Crippen molar-refractivity contribution in [3.8, 4) is 5.75 Å². The molecule has 0 aromatic heterocycles. The molecular formula is C21H21NO4. The normalized spacial score (nSPS) is 36.2. The standard InChI is InChI=1S/C21H21NO4/c1-10-3-4-12(7-11(10)2)26-17(23)9-22-20(24)18-13-5-6-14(16-8-15(13)16)19(18)21(22)25/h3-7,13-16,18-19H,8-9H2,1-2H3/t13-,14+,15-,16-,18+,19+/m1/s1. The van der Waals surface area contributed by atoms with Gasteiger partial charge in [0.2, 0.25) is 11.8 Å². The van der Waals surface area contributed by atoms with Crippen LogP contribution in [0.2, 0.25) is 0 Å². The SMILES string of the molecule is Cc1ccc(OC(=O)CN2C(=O)[C@H]3[C@@H]4C=C[C@@H]([C@H]5C[C@H]45)[C@@H]3C2=O)cc1C. The van der Waals surface area contributed by atoms with Gasteiger partial charge in [-0.2, -0.15) is 0 Å². The third kappa shape index (κ3) is 2.12. The summed E-state index contributed by atoms with van der Waals surface area (Å²) in [5, 5.41) is 0. The van der Waals surface area contributed by atoms with Gasteiger partial charge in [-0.25, -0.2) is 4.79 Å². The summed E-state index contributed by atoms with van der Waals surface area (Å²) in [5.41, 5.74) is 2.14. The average molecular weight is 351 g/mol. The molecule has 3 fully saturated rings. The van der Waals surface area contributed by atoms with Gasteiger partial charge in [-0.3, -0.25) is 14.5 Å². The topological polar surface area (TPSA) is 63.7 Å². The predicted octanol–water partition coefficient (Wildman–Crippen LogP) is 2.26. The minimum atomic E-state index is -0.570.